The van der Waals surface area contributed by atoms with E-state index < -0.39 is 20.5 Å². The van der Waals surface area contributed by atoms with Gasteiger partial charge in [0.1, 0.15) is 5.75 Å². The zero-order valence-electron chi connectivity index (χ0n) is 14.7. The average molecular weight is 369 g/mol. The van der Waals surface area contributed by atoms with Gasteiger partial charge in [-0.1, -0.05) is 30.3 Å². The second-order valence-electron chi connectivity index (χ2n) is 6.58. The Morgan fingerprint density at radius 2 is 1.48 bits per heavy atom. The van der Waals surface area contributed by atoms with E-state index >= 15 is 0 Å². The predicted molar refractivity (Wildman–Crippen MR) is 95.1 cm³/mol. The van der Waals surface area contributed by atoms with Gasteiger partial charge in [-0.25, -0.2) is 5.06 Å². The summed E-state index contributed by atoms with van der Waals surface area (Å²) in [5, 5.41) is 0.987. The molecule has 0 amide bonds. The molecule has 0 heterocycles. The Morgan fingerprint density at radius 3 is 1.92 bits per heavy atom. The Morgan fingerprint density at radius 1 is 0.920 bits per heavy atom. The van der Waals surface area contributed by atoms with Crippen molar-refractivity contribution in [3.05, 3.63) is 60.2 Å². The molecule has 136 valence electrons. The quantitative estimate of drug-likeness (QED) is 0.491. The van der Waals surface area contributed by atoms with Gasteiger partial charge >= 0.3 is 6.18 Å². The van der Waals surface area contributed by atoms with Crippen molar-refractivity contribution < 1.29 is 22.4 Å². The number of alkyl halides is 3. The maximum Gasteiger partial charge on any atom is 0.415 e. The van der Waals surface area contributed by atoms with E-state index in [-0.39, 0.29) is 5.56 Å². The summed E-state index contributed by atoms with van der Waals surface area (Å²) in [5.74, 6) is 0.569. The van der Waals surface area contributed by atoms with Crippen LogP contribution < -0.4 is 9.80 Å². The highest BCUT2D eigenvalue weighted by molar-refractivity contribution is 6.69. The van der Waals surface area contributed by atoms with Gasteiger partial charge in [0.05, 0.1) is 12.8 Å². The number of rotatable bonds is 6. The highest BCUT2D eigenvalue weighted by atomic mass is 28.4. The van der Waals surface area contributed by atoms with Crippen LogP contribution in [0.3, 0.4) is 0 Å². The van der Waals surface area contributed by atoms with Gasteiger partial charge in [-0.3, -0.25) is 0 Å². The van der Waals surface area contributed by atoms with Crippen LogP contribution in [0, 0.1) is 0 Å². The largest absolute Gasteiger partial charge is 0.497 e. The molecule has 0 fully saturated rings. The third-order valence-electron chi connectivity index (χ3n) is 3.36. The zero-order chi connectivity index (χ0) is 18.7. The van der Waals surface area contributed by atoms with E-state index in [1.54, 1.807) is 42.5 Å². The van der Waals surface area contributed by atoms with Crippen LogP contribution in [0.1, 0.15) is 11.6 Å². The number of benzene rings is 2. The van der Waals surface area contributed by atoms with Crippen molar-refractivity contribution in [2.24, 2.45) is 0 Å². The molecule has 2 aromatic rings. The number of methoxy groups -OCH3 is 1. The van der Waals surface area contributed by atoms with Crippen molar-refractivity contribution in [3.63, 3.8) is 0 Å². The molecule has 0 bridgehead atoms. The fourth-order valence-electron chi connectivity index (χ4n) is 2.37. The first-order chi connectivity index (χ1) is 11.6. The van der Waals surface area contributed by atoms with Crippen LogP contribution in [0.2, 0.25) is 19.6 Å². The summed E-state index contributed by atoms with van der Waals surface area (Å²) in [6.07, 6.45) is -4.50. The molecule has 0 aliphatic rings. The smallest absolute Gasteiger partial charge is 0.415 e. The lowest BCUT2D eigenvalue weighted by atomic mass is 10.1. The Hall–Kier alpha value is -1.99. The lowest BCUT2D eigenvalue weighted by Gasteiger charge is -2.38. The summed E-state index contributed by atoms with van der Waals surface area (Å²) < 4.78 is 52.7. The van der Waals surface area contributed by atoms with Gasteiger partial charge in [0.15, 0.2) is 6.04 Å². The van der Waals surface area contributed by atoms with E-state index in [0.29, 0.717) is 11.4 Å². The Balaban J connectivity index is 2.53. The molecule has 2 aromatic carbocycles. The summed E-state index contributed by atoms with van der Waals surface area (Å²) in [6.45, 7) is 5.55. The van der Waals surface area contributed by atoms with Crippen molar-refractivity contribution in [3.8, 4) is 5.75 Å². The van der Waals surface area contributed by atoms with Gasteiger partial charge in [0, 0.05) is 0 Å². The molecule has 0 N–H and O–H groups in total. The molecule has 1 atom stereocenters. The molecule has 3 nitrogen and oxygen atoms in total. The van der Waals surface area contributed by atoms with E-state index in [4.69, 9.17) is 9.26 Å². The van der Waals surface area contributed by atoms with Gasteiger partial charge in [0.25, 0.3) is 0 Å². The summed E-state index contributed by atoms with van der Waals surface area (Å²) >= 11 is 0. The van der Waals surface area contributed by atoms with Gasteiger partial charge in [-0.05, 0) is 49.5 Å². The maximum atomic E-state index is 13.9. The third kappa shape index (κ3) is 5.24. The van der Waals surface area contributed by atoms with Crippen molar-refractivity contribution in [1.29, 1.82) is 0 Å². The second-order valence-corrected chi connectivity index (χ2v) is 11.0. The summed E-state index contributed by atoms with van der Waals surface area (Å²) in [4.78, 5) is 0. The lowest BCUT2D eigenvalue weighted by molar-refractivity contribution is -0.161. The number of hydrogen-bond acceptors (Lipinski definition) is 3. The normalized spacial score (nSPS) is 13.4. The molecule has 0 spiro atoms. The van der Waals surface area contributed by atoms with Crippen LogP contribution in [0.4, 0.5) is 18.9 Å². The second kappa shape index (κ2) is 7.49. The molecule has 0 aromatic heterocycles. The summed E-state index contributed by atoms with van der Waals surface area (Å²) in [6, 6.07) is 12.3. The minimum absolute atomic E-state index is 0.129. The molecular weight excluding hydrogens is 347 g/mol. The Labute approximate surface area is 147 Å². The number of nitrogens with zero attached hydrogens (tertiary/aromatic N) is 1. The number of hydroxylamine groups is 1. The maximum absolute atomic E-state index is 13.9. The molecule has 2 rings (SSSR count). The monoisotopic (exact) mass is 369 g/mol. The van der Waals surface area contributed by atoms with Crippen LogP contribution in [0.15, 0.2) is 54.6 Å². The van der Waals surface area contributed by atoms with Crippen LogP contribution in [-0.2, 0) is 4.53 Å². The number of halogens is 3. The minimum atomic E-state index is -4.50. The fraction of sp³-hybridized carbons (Fsp3) is 0.333. The summed E-state index contributed by atoms with van der Waals surface area (Å²) in [7, 11) is -0.797. The fourth-order valence-corrected chi connectivity index (χ4v) is 3.17. The first-order valence-electron chi connectivity index (χ1n) is 7.86. The average Bonchev–Trinajstić information content (AvgIpc) is 2.53. The van der Waals surface area contributed by atoms with Crippen molar-refractivity contribution in [2.75, 3.05) is 12.2 Å². The van der Waals surface area contributed by atoms with E-state index in [2.05, 4.69) is 0 Å². The van der Waals surface area contributed by atoms with Crippen molar-refractivity contribution in [2.45, 2.75) is 31.9 Å². The van der Waals surface area contributed by atoms with E-state index in [9.17, 15) is 13.2 Å². The van der Waals surface area contributed by atoms with E-state index in [1.165, 1.54) is 19.2 Å². The molecule has 0 saturated heterocycles. The first kappa shape index (κ1) is 19.3. The SMILES string of the molecule is COc1ccc(N(O[Si](C)(C)C)C(c2ccccc2)C(F)(F)F)cc1. The summed E-state index contributed by atoms with van der Waals surface area (Å²) in [5.41, 5.74) is 0.457. The zero-order valence-corrected chi connectivity index (χ0v) is 15.7. The molecule has 25 heavy (non-hydrogen) atoms. The van der Waals surface area contributed by atoms with Gasteiger partial charge in [-0.2, -0.15) is 13.2 Å². The number of anilines is 1. The predicted octanol–water partition coefficient (Wildman–Crippen LogP) is 5.57. The van der Waals surface area contributed by atoms with Crippen LogP contribution in [0.25, 0.3) is 0 Å². The first-order valence-corrected chi connectivity index (χ1v) is 11.3. The number of hydrogen-bond donors (Lipinski definition) is 0. The van der Waals surface area contributed by atoms with Crippen molar-refractivity contribution in [1.82, 2.24) is 0 Å². The van der Waals surface area contributed by atoms with Crippen LogP contribution >= 0.6 is 0 Å². The van der Waals surface area contributed by atoms with E-state index in [1.807, 2.05) is 19.6 Å². The lowest BCUT2D eigenvalue weighted by Crippen LogP contribution is -2.45. The van der Waals surface area contributed by atoms with E-state index in [0.717, 1.165) is 5.06 Å². The molecule has 1 unspecified atom stereocenters. The van der Waals surface area contributed by atoms with Gasteiger partial charge < -0.3 is 9.26 Å². The van der Waals surface area contributed by atoms with Crippen molar-refractivity contribution >= 4 is 14.0 Å². The standard InChI is InChI=1S/C18H22F3NO2Si/c1-23-16-12-10-15(11-13-16)22(24-25(2,3)4)17(18(19,20)21)14-8-6-5-7-9-14/h5-13,17H,1-4H3. The highest BCUT2D eigenvalue weighted by Crippen LogP contribution is 2.41. The molecule has 0 aliphatic heterocycles. The van der Waals surface area contributed by atoms with Gasteiger partial charge in [-0.15, -0.1) is 0 Å². The number of ether oxygens (including phenoxy) is 1. The Kier molecular flexibility index (Phi) is 5.79. The van der Waals surface area contributed by atoms with Crippen LogP contribution in [0.5, 0.6) is 5.75 Å². The third-order valence-corrected chi connectivity index (χ3v) is 4.10. The molecule has 7 heteroatoms. The minimum Gasteiger partial charge on any atom is -0.497 e. The van der Waals surface area contributed by atoms with Crippen LogP contribution in [-0.4, -0.2) is 21.6 Å². The Bertz CT molecular complexity index is 669. The molecular formula is C18H22F3NO2Si. The molecule has 0 radical (unpaired) electrons. The topological polar surface area (TPSA) is 21.7 Å². The molecule has 0 saturated carbocycles. The molecule has 0 aliphatic carbocycles. The van der Waals surface area contributed by atoms with Gasteiger partial charge in [0.2, 0.25) is 8.32 Å². The highest BCUT2D eigenvalue weighted by Gasteiger charge is 2.47.